The van der Waals surface area contributed by atoms with Crippen molar-refractivity contribution in [3.63, 3.8) is 0 Å². The van der Waals surface area contributed by atoms with Gasteiger partial charge in [0.25, 0.3) is 0 Å². The number of halogens is 3. The summed E-state index contributed by atoms with van der Waals surface area (Å²) in [6, 6.07) is 10.4. The summed E-state index contributed by atoms with van der Waals surface area (Å²) in [5.41, 5.74) is 2.91. The van der Waals surface area contributed by atoms with E-state index in [2.05, 4.69) is 21.2 Å². The first kappa shape index (κ1) is 13.4. The average molecular weight is 329 g/mol. The highest BCUT2D eigenvalue weighted by Gasteiger charge is 2.02. The summed E-state index contributed by atoms with van der Waals surface area (Å²) >= 11 is 9.34. The summed E-state index contributed by atoms with van der Waals surface area (Å²) in [4.78, 5) is 0. The summed E-state index contributed by atoms with van der Waals surface area (Å²) in [5, 5.41) is 3.87. The Morgan fingerprint density at radius 1 is 1.22 bits per heavy atom. The molecule has 94 valence electrons. The second-order valence-electron chi connectivity index (χ2n) is 4.05. The maximum Gasteiger partial charge on any atom is 0.123 e. The molecule has 2 aromatic rings. The highest BCUT2D eigenvalue weighted by atomic mass is 79.9. The third-order valence-electron chi connectivity index (χ3n) is 2.71. The Labute approximate surface area is 119 Å². The number of benzene rings is 2. The van der Waals surface area contributed by atoms with Crippen LogP contribution in [0.15, 0.2) is 40.9 Å². The molecule has 0 aliphatic rings. The number of nitrogens with one attached hydrogen (secondary N) is 1. The lowest BCUT2D eigenvalue weighted by Gasteiger charge is -2.10. The smallest absolute Gasteiger partial charge is 0.123 e. The number of anilines is 1. The van der Waals surface area contributed by atoms with Crippen LogP contribution in [0.1, 0.15) is 11.1 Å². The lowest BCUT2D eigenvalue weighted by Crippen LogP contribution is -2.01. The standard InChI is InChI=1S/C14H12BrClFN/c1-9-2-3-11(17)6-10(9)8-18-12-4-5-13(15)14(16)7-12/h2-7,18H,8H2,1H3. The first-order valence-corrected chi connectivity index (χ1v) is 6.67. The average Bonchev–Trinajstić information content (AvgIpc) is 2.34. The fourth-order valence-electron chi connectivity index (χ4n) is 1.63. The zero-order valence-corrected chi connectivity index (χ0v) is 12.1. The molecule has 1 N–H and O–H groups in total. The van der Waals surface area contributed by atoms with Crippen molar-refractivity contribution in [2.45, 2.75) is 13.5 Å². The van der Waals surface area contributed by atoms with Gasteiger partial charge in [-0.3, -0.25) is 0 Å². The molecule has 1 nitrogen and oxygen atoms in total. The molecule has 0 atom stereocenters. The van der Waals surface area contributed by atoms with Crippen molar-refractivity contribution in [3.8, 4) is 0 Å². The lowest BCUT2D eigenvalue weighted by molar-refractivity contribution is 0.625. The molecule has 0 amide bonds. The molecule has 0 saturated heterocycles. The quantitative estimate of drug-likeness (QED) is 0.820. The summed E-state index contributed by atoms with van der Waals surface area (Å²) in [6.07, 6.45) is 0. The molecule has 2 aromatic carbocycles. The van der Waals surface area contributed by atoms with E-state index < -0.39 is 0 Å². The SMILES string of the molecule is Cc1ccc(F)cc1CNc1ccc(Br)c(Cl)c1. The van der Waals surface area contributed by atoms with Gasteiger partial charge in [0.15, 0.2) is 0 Å². The van der Waals surface area contributed by atoms with Gasteiger partial charge in [0.2, 0.25) is 0 Å². The molecule has 0 aromatic heterocycles. The van der Waals surface area contributed by atoms with Crippen LogP contribution < -0.4 is 5.32 Å². The number of aryl methyl sites for hydroxylation is 1. The van der Waals surface area contributed by atoms with Crippen molar-refractivity contribution in [1.82, 2.24) is 0 Å². The fraction of sp³-hybridized carbons (Fsp3) is 0.143. The zero-order chi connectivity index (χ0) is 13.1. The van der Waals surface area contributed by atoms with Crippen LogP contribution in [-0.4, -0.2) is 0 Å². The van der Waals surface area contributed by atoms with E-state index in [0.717, 1.165) is 21.3 Å². The summed E-state index contributed by atoms with van der Waals surface area (Å²) in [6.45, 7) is 2.53. The monoisotopic (exact) mass is 327 g/mol. The molecule has 0 heterocycles. The Kier molecular flexibility index (Phi) is 4.25. The van der Waals surface area contributed by atoms with E-state index in [-0.39, 0.29) is 5.82 Å². The van der Waals surface area contributed by atoms with Gasteiger partial charge in [-0.25, -0.2) is 4.39 Å². The molecule has 2 rings (SSSR count). The van der Waals surface area contributed by atoms with Crippen LogP contribution in [0.25, 0.3) is 0 Å². The van der Waals surface area contributed by atoms with E-state index in [9.17, 15) is 4.39 Å². The van der Waals surface area contributed by atoms with Crippen LogP contribution in [0.4, 0.5) is 10.1 Å². The van der Waals surface area contributed by atoms with E-state index in [0.29, 0.717) is 11.6 Å². The van der Waals surface area contributed by atoms with Crippen LogP contribution in [0.2, 0.25) is 5.02 Å². The highest BCUT2D eigenvalue weighted by Crippen LogP contribution is 2.26. The van der Waals surface area contributed by atoms with Gasteiger partial charge in [0.05, 0.1) is 5.02 Å². The lowest BCUT2D eigenvalue weighted by atomic mass is 10.1. The second kappa shape index (κ2) is 5.72. The first-order chi connectivity index (χ1) is 8.56. The van der Waals surface area contributed by atoms with Gasteiger partial charge >= 0.3 is 0 Å². The molecule has 0 saturated carbocycles. The predicted molar refractivity (Wildman–Crippen MR) is 77.6 cm³/mol. The zero-order valence-electron chi connectivity index (χ0n) is 9.81. The molecule has 4 heteroatoms. The van der Waals surface area contributed by atoms with Gasteiger partial charge < -0.3 is 5.32 Å². The topological polar surface area (TPSA) is 12.0 Å². The summed E-state index contributed by atoms with van der Waals surface area (Å²) in [5.74, 6) is -0.216. The Bertz CT molecular complexity index is 572. The highest BCUT2D eigenvalue weighted by molar-refractivity contribution is 9.10. The molecule has 0 unspecified atom stereocenters. The Hall–Kier alpha value is -1.06. The van der Waals surface area contributed by atoms with Gasteiger partial charge in [-0.1, -0.05) is 17.7 Å². The van der Waals surface area contributed by atoms with Crippen molar-refractivity contribution in [1.29, 1.82) is 0 Å². The van der Waals surface area contributed by atoms with Crippen molar-refractivity contribution >= 4 is 33.2 Å². The van der Waals surface area contributed by atoms with Crippen molar-refractivity contribution < 1.29 is 4.39 Å². The molecule has 0 aliphatic heterocycles. The minimum atomic E-state index is -0.216. The van der Waals surface area contributed by atoms with Crippen LogP contribution in [0, 0.1) is 12.7 Å². The van der Waals surface area contributed by atoms with E-state index in [1.807, 2.05) is 25.1 Å². The summed E-state index contributed by atoms with van der Waals surface area (Å²) in [7, 11) is 0. The largest absolute Gasteiger partial charge is 0.381 e. The normalized spacial score (nSPS) is 10.4. The molecule has 0 aliphatic carbocycles. The van der Waals surface area contributed by atoms with E-state index in [4.69, 9.17) is 11.6 Å². The molecular weight excluding hydrogens is 317 g/mol. The summed E-state index contributed by atoms with van der Waals surface area (Å²) < 4.78 is 14.0. The minimum Gasteiger partial charge on any atom is -0.381 e. The van der Waals surface area contributed by atoms with E-state index in [1.165, 1.54) is 6.07 Å². The molecular formula is C14H12BrClFN. The van der Waals surface area contributed by atoms with Crippen LogP contribution >= 0.6 is 27.5 Å². The number of hydrogen-bond acceptors (Lipinski definition) is 1. The van der Waals surface area contributed by atoms with Gasteiger partial charge in [-0.15, -0.1) is 0 Å². The van der Waals surface area contributed by atoms with E-state index in [1.54, 1.807) is 12.1 Å². The Morgan fingerprint density at radius 2 is 2.00 bits per heavy atom. The number of hydrogen-bond donors (Lipinski definition) is 1. The predicted octanol–water partition coefficient (Wildman–Crippen LogP) is 5.16. The third-order valence-corrected chi connectivity index (χ3v) is 3.95. The van der Waals surface area contributed by atoms with Gasteiger partial charge in [0.1, 0.15) is 5.82 Å². The van der Waals surface area contributed by atoms with Crippen molar-refractivity contribution in [3.05, 3.63) is 62.8 Å². The van der Waals surface area contributed by atoms with Crippen molar-refractivity contribution in [2.75, 3.05) is 5.32 Å². The molecule has 0 bridgehead atoms. The van der Waals surface area contributed by atoms with Gasteiger partial charge in [-0.2, -0.15) is 0 Å². The van der Waals surface area contributed by atoms with Crippen LogP contribution in [0.5, 0.6) is 0 Å². The van der Waals surface area contributed by atoms with Gasteiger partial charge in [0, 0.05) is 16.7 Å². The van der Waals surface area contributed by atoms with Crippen molar-refractivity contribution in [2.24, 2.45) is 0 Å². The maximum atomic E-state index is 13.1. The molecule has 0 fully saturated rings. The maximum absolute atomic E-state index is 13.1. The molecule has 0 spiro atoms. The Balaban J connectivity index is 2.11. The second-order valence-corrected chi connectivity index (χ2v) is 5.31. The third kappa shape index (κ3) is 3.24. The minimum absolute atomic E-state index is 0.216. The van der Waals surface area contributed by atoms with Crippen LogP contribution in [0.3, 0.4) is 0 Å². The van der Waals surface area contributed by atoms with Gasteiger partial charge in [-0.05, 0) is 64.3 Å². The Morgan fingerprint density at radius 3 is 2.72 bits per heavy atom. The first-order valence-electron chi connectivity index (χ1n) is 5.50. The van der Waals surface area contributed by atoms with Crippen LogP contribution in [-0.2, 0) is 6.54 Å². The number of rotatable bonds is 3. The molecule has 18 heavy (non-hydrogen) atoms. The van der Waals surface area contributed by atoms with E-state index >= 15 is 0 Å². The fourth-order valence-corrected chi connectivity index (χ4v) is 2.06. The molecule has 0 radical (unpaired) electrons.